The predicted molar refractivity (Wildman–Crippen MR) is 102 cm³/mol. The number of carbonyl (C=O) groups is 2. The van der Waals surface area contributed by atoms with Gasteiger partial charge in [-0.05, 0) is 55.2 Å². The molecule has 0 aromatic heterocycles. The molecule has 2 amide bonds. The van der Waals surface area contributed by atoms with Crippen molar-refractivity contribution in [1.29, 1.82) is 0 Å². The van der Waals surface area contributed by atoms with E-state index >= 15 is 0 Å². The number of fused-ring (bicyclic) bond motifs is 1. The number of anilines is 1. The zero-order chi connectivity index (χ0) is 18.9. The number of nitrogens with zero attached hydrogens (tertiary/aromatic N) is 1. The fourth-order valence-corrected chi connectivity index (χ4v) is 3.12. The van der Waals surface area contributed by atoms with Crippen LogP contribution in [-0.4, -0.2) is 22.5 Å². The summed E-state index contributed by atoms with van der Waals surface area (Å²) in [6.45, 7) is 8.03. The van der Waals surface area contributed by atoms with Crippen LogP contribution in [0.25, 0.3) is 11.1 Å². The van der Waals surface area contributed by atoms with Gasteiger partial charge in [-0.2, -0.15) is 0 Å². The summed E-state index contributed by atoms with van der Waals surface area (Å²) >= 11 is 0. The van der Waals surface area contributed by atoms with Gasteiger partial charge in [-0.25, -0.2) is 4.79 Å². The van der Waals surface area contributed by atoms with Crippen LogP contribution in [0.4, 0.5) is 10.5 Å². The summed E-state index contributed by atoms with van der Waals surface area (Å²) in [7, 11) is 0. The molecule has 136 valence electrons. The monoisotopic (exact) mass is 352 g/mol. The summed E-state index contributed by atoms with van der Waals surface area (Å²) in [4.78, 5) is 25.7. The van der Waals surface area contributed by atoms with Crippen molar-refractivity contribution in [1.82, 2.24) is 4.90 Å². The van der Waals surface area contributed by atoms with Gasteiger partial charge in [0.25, 0.3) is 0 Å². The molecule has 2 aromatic rings. The Labute approximate surface area is 154 Å². The third kappa shape index (κ3) is 4.04. The van der Waals surface area contributed by atoms with Crippen LogP contribution >= 0.6 is 0 Å². The first-order chi connectivity index (χ1) is 12.2. The summed E-state index contributed by atoms with van der Waals surface area (Å²) in [5.41, 5.74) is 4.41. The molecule has 5 heteroatoms. The maximum atomic E-state index is 12.5. The van der Waals surface area contributed by atoms with Gasteiger partial charge in [-0.3, -0.25) is 9.69 Å². The van der Waals surface area contributed by atoms with E-state index in [1.165, 1.54) is 6.92 Å². The number of nitrogens with one attached hydrogen (secondary N) is 1. The van der Waals surface area contributed by atoms with E-state index in [2.05, 4.69) is 5.32 Å². The second-order valence-corrected chi connectivity index (χ2v) is 7.55. The number of hydrogen-bond donors (Lipinski definition) is 1. The molecule has 0 radical (unpaired) electrons. The van der Waals surface area contributed by atoms with Gasteiger partial charge in [0.05, 0.1) is 6.54 Å². The van der Waals surface area contributed by atoms with Gasteiger partial charge in [-0.1, -0.05) is 30.3 Å². The lowest BCUT2D eigenvalue weighted by Gasteiger charge is -2.24. The van der Waals surface area contributed by atoms with Crippen molar-refractivity contribution in [2.24, 2.45) is 0 Å². The molecule has 0 atom stereocenters. The first-order valence-corrected chi connectivity index (χ1v) is 8.70. The molecular formula is C21H24N2O3. The normalized spacial score (nSPS) is 13.3. The average Bonchev–Trinajstić information content (AvgIpc) is 2.97. The molecule has 0 aliphatic carbocycles. The lowest BCUT2D eigenvalue weighted by atomic mass is 9.96. The zero-order valence-corrected chi connectivity index (χ0v) is 15.6. The van der Waals surface area contributed by atoms with E-state index < -0.39 is 5.60 Å². The molecule has 0 unspecified atom stereocenters. The maximum Gasteiger partial charge on any atom is 0.410 e. The highest BCUT2D eigenvalue weighted by Crippen LogP contribution is 2.36. The van der Waals surface area contributed by atoms with Gasteiger partial charge in [0, 0.05) is 19.2 Å². The SMILES string of the molecule is CC(=O)Nc1cc2c(c(-c3ccccc3)c1)CN(C(=O)OC(C)(C)C)C2. The molecule has 1 N–H and O–H groups in total. The van der Waals surface area contributed by atoms with Crippen LogP contribution in [-0.2, 0) is 22.6 Å². The average molecular weight is 352 g/mol. The Morgan fingerprint density at radius 1 is 1.08 bits per heavy atom. The third-order valence-corrected chi connectivity index (χ3v) is 4.11. The van der Waals surface area contributed by atoms with Crippen molar-refractivity contribution in [2.75, 3.05) is 5.32 Å². The van der Waals surface area contributed by atoms with E-state index in [0.717, 1.165) is 27.9 Å². The van der Waals surface area contributed by atoms with Gasteiger partial charge in [0.1, 0.15) is 5.60 Å². The molecule has 1 aliphatic rings. The molecule has 0 fully saturated rings. The minimum absolute atomic E-state index is 0.119. The molecule has 5 nitrogen and oxygen atoms in total. The summed E-state index contributed by atoms with van der Waals surface area (Å²) in [5, 5.41) is 2.85. The van der Waals surface area contributed by atoms with E-state index in [0.29, 0.717) is 13.1 Å². The molecule has 2 aromatic carbocycles. The quantitative estimate of drug-likeness (QED) is 0.862. The van der Waals surface area contributed by atoms with Gasteiger partial charge in [0.2, 0.25) is 5.91 Å². The van der Waals surface area contributed by atoms with Crippen LogP contribution in [0.3, 0.4) is 0 Å². The minimum Gasteiger partial charge on any atom is -0.444 e. The maximum absolute atomic E-state index is 12.5. The van der Waals surface area contributed by atoms with Crippen molar-refractivity contribution in [3.8, 4) is 11.1 Å². The highest BCUT2D eigenvalue weighted by molar-refractivity contribution is 5.90. The number of benzene rings is 2. The predicted octanol–water partition coefficient (Wildman–Crippen LogP) is 4.56. The largest absolute Gasteiger partial charge is 0.444 e. The van der Waals surface area contributed by atoms with Crippen LogP contribution in [0.1, 0.15) is 38.8 Å². The molecule has 0 saturated heterocycles. The van der Waals surface area contributed by atoms with Gasteiger partial charge >= 0.3 is 6.09 Å². The summed E-state index contributed by atoms with van der Waals surface area (Å²) < 4.78 is 5.51. The molecule has 1 heterocycles. The number of amides is 2. The molecule has 26 heavy (non-hydrogen) atoms. The summed E-state index contributed by atoms with van der Waals surface area (Å²) in [5.74, 6) is -0.119. The van der Waals surface area contributed by atoms with Crippen molar-refractivity contribution >= 4 is 17.7 Å². The second-order valence-electron chi connectivity index (χ2n) is 7.55. The first-order valence-electron chi connectivity index (χ1n) is 8.70. The molecule has 0 saturated carbocycles. The zero-order valence-electron chi connectivity index (χ0n) is 15.6. The third-order valence-electron chi connectivity index (χ3n) is 4.11. The Morgan fingerprint density at radius 3 is 2.38 bits per heavy atom. The Balaban J connectivity index is 1.97. The van der Waals surface area contributed by atoms with Crippen molar-refractivity contribution in [3.05, 3.63) is 53.6 Å². The van der Waals surface area contributed by atoms with Crippen LogP contribution in [0.15, 0.2) is 42.5 Å². The number of ether oxygens (including phenoxy) is 1. The van der Waals surface area contributed by atoms with Crippen molar-refractivity contribution in [2.45, 2.75) is 46.4 Å². The number of rotatable bonds is 2. The van der Waals surface area contributed by atoms with Gasteiger partial charge in [0.15, 0.2) is 0 Å². The van der Waals surface area contributed by atoms with Crippen LogP contribution in [0.5, 0.6) is 0 Å². The molecule has 0 spiro atoms. The van der Waals surface area contributed by atoms with E-state index in [4.69, 9.17) is 4.74 Å². The lowest BCUT2D eigenvalue weighted by Crippen LogP contribution is -2.33. The van der Waals surface area contributed by atoms with Crippen molar-refractivity contribution in [3.63, 3.8) is 0 Å². The van der Waals surface area contributed by atoms with Gasteiger partial charge in [-0.15, -0.1) is 0 Å². The topological polar surface area (TPSA) is 58.6 Å². The molecule has 0 bridgehead atoms. The smallest absolute Gasteiger partial charge is 0.410 e. The second kappa shape index (κ2) is 6.83. The first kappa shape index (κ1) is 18.0. The highest BCUT2D eigenvalue weighted by Gasteiger charge is 2.30. The van der Waals surface area contributed by atoms with E-state index in [1.54, 1.807) is 4.90 Å². The Hall–Kier alpha value is -2.82. The molecule has 3 rings (SSSR count). The van der Waals surface area contributed by atoms with E-state index in [9.17, 15) is 9.59 Å². The minimum atomic E-state index is -0.532. The number of carbonyl (C=O) groups excluding carboxylic acids is 2. The lowest BCUT2D eigenvalue weighted by molar-refractivity contribution is -0.114. The number of hydrogen-bond acceptors (Lipinski definition) is 3. The molecule has 1 aliphatic heterocycles. The fourth-order valence-electron chi connectivity index (χ4n) is 3.12. The Morgan fingerprint density at radius 2 is 1.77 bits per heavy atom. The van der Waals surface area contributed by atoms with Crippen LogP contribution < -0.4 is 5.32 Å². The van der Waals surface area contributed by atoms with E-state index in [1.807, 2.05) is 63.2 Å². The van der Waals surface area contributed by atoms with E-state index in [-0.39, 0.29) is 12.0 Å². The van der Waals surface area contributed by atoms with Crippen LogP contribution in [0.2, 0.25) is 0 Å². The van der Waals surface area contributed by atoms with Crippen molar-refractivity contribution < 1.29 is 14.3 Å². The highest BCUT2D eigenvalue weighted by atomic mass is 16.6. The summed E-state index contributed by atoms with van der Waals surface area (Å²) in [6, 6.07) is 13.9. The Bertz CT molecular complexity index is 838. The molecular weight excluding hydrogens is 328 g/mol. The Kier molecular flexibility index (Phi) is 4.72. The van der Waals surface area contributed by atoms with Gasteiger partial charge < -0.3 is 10.1 Å². The fraction of sp³-hybridized carbons (Fsp3) is 0.333. The summed E-state index contributed by atoms with van der Waals surface area (Å²) in [6.07, 6.45) is -0.325. The standard InChI is InChI=1S/C21H24N2O3/c1-14(24)22-17-10-16-12-23(20(25)26-21(2,3)4)13-19(16)18(11-17)15-8-6-5-7-9-15/h5-11H,12-13H2,1-4H3,(H,22,24). The van der Waals surface area contributed by atoms with Crippen LogP contribution in [0, 0.1) is 0 Å².